The van der Waals surface area contributed by atoms with Gasteiger partial charge in [0.05, 0.1) is 5.71 Å². The maximum absolute atomic E-state index is 12.5. The Hall–Kier alpha value is -3.21. The molecule has 0 radical (unpaired) electrons. The van der Waals surface area contributed by atoms with E-state index < -0.39 is 6.10 Å². The summed E-state index contributed by atoms with van der Waals surface area (Å²) in [5.41, 5.74) is 3.24. The third-order valence-corrected chi connectivity index (χ3v) is 3.89. The molecule has 5 heteroatoms. The van der Waals surface area contributed by atoms with Gasteiger partial charge in [0.15, 0.2) is 6.10 Å². The van der Waals surface area contributed by atoms with Crippen molar-refractivity contribution >= 4 is 11.5 Å². The van der Waals surface area contributed by atoms with E-state index >= 15 is 0 Å². The van der Waals surface area contributed by atoms with Crippen molar-refractivity contribution in [2.24, 2.45) is 5.16 Å². The summed E-state index contributed by atoms with van der Waals surface area (Å²) in [6, 6.07) is 20.9. The Kier molecular flexibility index (Phi) is 3.67. The predicted octanol–water partition coefficient (Wildman–Crippen LogP) is 3.72. The highest BCUT2D eigenvalue weighted by atomic mass is 16.6. The predicted molar refractivity (Wildman–Crippen MR) is 88.7 cm³/mol. The molecule has 4 rings (SSSR count). The zero-order chi connectivity index (χ0) is 16.4. The van der Waals surface area contributed by atoms with Gasteiger partial charge in [-0.1, -0.05) is 71.0 Å². The van der Waals surface area contributed by atoms with Crippen molar-refractivity contribution in [2.75, 3.05) is 0 Å². The number of benzene rings is 2. The van der Waals surface area contributed by atoms with E-state index in [-0.39, 0.29) is 11.5 Å². The number of hydrogen-bond acceptors (Lipinski definition) is 5. The zero-order valence-electron chi connectivity index (χ0n) is 12.8. The molecule has 0 aliphatic carbocycles. The van der Waals surface area contributed by atoms with Crippen molar-refractivity contribution in [3.8, 4) is 11.3 Å². The smallest absolute Gasteiger partial charge is 0.244 e. The van der Waals surface area contributed by atoms with Gasteiger partial charge in [-0.3, -0.25) is 4.79 Å². The molecule has 2 aromatic carbocycles. The van der Waals surface area contributed by atoms with Crippen molar-refractivity contribution in [1.29, 1.82) is 0 Å². The minimum absolute atomic E-state index is 0.184. The number of ketones is 1. The Labute approximate surface area is 138 Å². The number of carbonyl (C=O) groups excluding carboxylic acids is 1. The lowest BCUT2D eigenvalue weighted by molar-refractivity contribution is 0.0522. The number of hydrogen-bond donors (Lipinski definition) is 0. The molecule has 0 amide bonds. The molecule has 0 N–H and O–H groups in total. The van der Waals surface area contributed by atoms with Crippen LogP contribution in [0.5, 0.6) is 0 Å². The van der Waals surface area contributed by atoms with Crippen LogP contribution in [0.15, 0.2) is 76.4 Å². The monoisotopic (exact) mass is 318 g/mol. The van der Waals surface area contributed by atoms with E-state index in [2.05, 4.69) is 10.3 Å². The summed E-state index contributed by atoms with van der Waals surface area (Å²) in [6.45, 7) is 0. The van der Waals surface area contributed by atoms with Crippen LogP contribution in [0.3, 0.4) is 0 Å². The van der Waals surface area contributed by atoms with Gasteiger partial charge in [-0.15, -0.1) is 0 Å². The average molecular weight is 318 g/mol. The Morgan fingerprint density at radius 1 is 0.958 bits per heavy atom. The highest BCUT2D eigenvalue weighted by Crippen LogP contribution is 2.23. The number of aromatic nitrogens is 1. The van der Waals surface area contributed by atoms with Crippen LogP contribution in [0.25, 0.3) is 11.3 Å². The molecule has 1 aromatic heterocycles. The van der Waals surface area contributed by atoms with Crippen LogP contribution in [0.1, 0.15) is 22.5 Å². The summed E-state index contributed by atoms with van der Waals surface area (Å²) in [7, 11) is 0. The number of nitrogens with zero attached hydrogens (tertiary/aromatic N) is 2. The van der Waals surface area contributed by atoms with Crippen molar-refractivity contribution in [3.05, 3.63) is 78.1 Å². The van der Waals surface area contributed by atoms with Crippen molar-refractivity contribution in [1.82, 2.24) is 5.16 Å². The summed E-state index contributed by atoms with van der Waals surface area (Å²) in [4.78, 5) is 17.8. The van der Waals surface area contributed by atoms with E-state index in [1.807, 2.05) is 60.7 Å². The van der Waals surface area contributed by atoms with Crippen LogP contribution in [-0.4, -0.2) is 22.8 Å². The quantitative estimate of drug-likeness (QED) is 0.688. The van der Waals surface area contributed by atoms with E-state index in [1.165, 1.54) is 0 Å². The second-order valence-electron chi connectivity index (χ2n) is 5.51. The molecular formula is C19H14N2O3. The molecule has 1 atom stereocenters. The van der Waals surface area contributed by atoms with Gasteiger partial charge in [0.25, 0.3) is 0 Å². The molecule has 0 bridgehead atoms. The largest absolute Gasteiger partial charge is 0.383 e. The fraction of sp³-hybridized carbons (Fsp3) is 0.105. The Morgan fingerprint density at radius 3 is 2.33 bits per heavy atom. The molecule has 1 unspecified atom stereocenters. The molecule has 3 aromatic rings. The first-order chi connectivity index (χ1) is 11.8. The average Bonchev–Trinajstić information content (AvgIpc) is 3.33. The van der Waals surface area contributed by atoms with Crippen LogP contribution >= 0.6 is 0 Å². The van der Waals surface area contributed by atoms with Gasteiger partial charge in [0, 0.05) is 18.1 Å². The van der Waals surface area contributed by atoms with E-state index in [1.54, 1.807) is 6.07 Å². The maximum Gasteiger partial charge on any atom is 0.244 e. The fourth-order valence-electron chi connectivity index (χ4n) is 2.61. The van der Waals surface area contributed by atoms with Crippen LogP contribution < -0.4 is 0 Å². The summed E-state index contributed by atoms with van der Waals surface area (Å²) >= 11 is 0. The summed E-state index contributed by atoms with van der Waals surface area (Å²) in [5.74, 6) is -0.0669. The fourth-order valence-corrected chi connectivity index (χ4v) is 2.61. The molecule has 0 fully saturated rings. The van der Waals surface area contributed by atoms with Gasteiger partial charge < -0.3 is 9.36 Å². The van der Waals surface area contributed by atoms with Crippen molar-refractivity contribution < 1.29 is 14.2 Å². The van der Waals surface area contributed by atoms with Crippen molar-refractivity contribution in [2.45, 2.75) is 12.5 Å². The Balaban J connectivity index is 1.49. The highest BCUT2D eigenvalue weighted by Gasteiger charge is 2.32. The highest BCUT2D eigenvalue weighted by molar-refractivity contribution is 6.07. The first-order valence-corrected chi connectivity index (χ1v) is 7.66. The van der Waals surface area contributed by atoms with Gasteiger partial charge in [-0.25, -0.2) is 0 Å². The van der Waals surface area contributed by atoms with Gasteiger partial charge in [0.2, 0.25) is 11.5 Å². The Morgan fingerprint density at radius 2 is 1.62 bits per heavy atom. The SMILES string of the molecule is O=C(c1cc(-c2ccccc2)no1)C1CC(c2ccccc2)=NO1. The lowest BCUT2D eigenvalue weighted by Crippen LogP contribution is -2.20. The summed E-state index contributed by atoms with van der Waals surface area (Å²) in [6.07, 6.45) is -0.249. The van der Waals surface area contributed by atoms with Crippen LogP contribution in [0, 0.1) is 0 Å². The molecule has 1 aliphatic rings. The second kappa shape index (κ2) is 6.12. The molecule has 2 heterocycles. The minimum Gasteiger partial charge on any atom is -0.383 e. The number of oxime groups is 1. The minimum atomic E-state index is -0.670. The number of rotatable bonds is 4. The van der Waals surface area contributed by atoms with E-state index in [0.29, 0.717) is 12.1 Å². The molecule has 24 heavy (non-hydrogen) atoms. The van der Waals surface area contributed by atoms with E-state index in [0.717, 1.165) is 16.8 Å². The lowest BCUT2D eigenvalue weighted by Gasteiger charge is -2.03. The zero-order valence-corrected chi connectivity index (χ0v) is 12.8. The molecule has 1 aliphatic heterocycles. The molecule has 118 valence electrons. The van der Waals surface area contributed by atoms with Gasteiger partial charge in [-0.2, -0.15) is 0 Å². The molecule has 0 spiro atoms. The first kappa shape index (κ1) is 14.4. The third kappa shape index (κ3) is 2.72. The summed E-state index contributed by atoms with van der Waals surface area (Å²) in [5, 5.41) is 8.00. The maximum atomic E-state index is 12.5. The standard InChI is InChI=1S/C19H14N2O3/c22-19(17-11-15(20-23-17)13-7-3-1-4-8-13)18-12-16(21-24-18)14-9-5-2-6-10-14/h1-11,18H,12H2. The topological polar surface area (TPSA) is 64.7 Å². The van der Waals surface area contributed by atoms with Crippen LogP contribution in [0.4, 0.5) is 0 Å². The van der Waals surface area contributed by atoms with Gasteiger partial charge in [0.1, 0.15) is 5.69 Å². The van der Waals surface area contributed by atoms with E-state index in [4.69, 9.17) is 9.36 Å². The molecular weight excluding hydrogens is 304 g/mol. The number of carbonyl (C=O) groups is 1. The third-order valence-electron chi connectivity index (χ3n) is 3.89. The first-order valence-electron chi connectivity index (χ1n) is 7.66. The van der Waals surface area contributed by atoms with Crippen molar-refractivity contribution in [3.63, 3.8) is 0 Å². The molecule has 0 saturated heterocycles. The van der Waals surface area contributed by atoms with Crippen LogP contribution in [0.2, 0.25) is 0 Å². The van der Waals surface area contributed by atoms with Gasteiger partial charge in [-0.05, 0) is 5.56 Å². The number of Topliss-reactive ketones (excluding diaryl/α,β-unsaturated/α-hetero) is 1. The van der Waals surface area contributed by atoms with Gasteiger partial charge >= 0.3 is 0 Å². The lowest BCUT2D eigenvalue weighted by atomic mass is 10.0. The summed E-state index contributed by atoms with van der Waals surface area (Å²) < 4.78 is 5.20. The Bertz CT molecular complexity index is 885. The molecule has 0 saturated carbocycles. The second-order valence-corrected chi connectivity index (χ2v) is 5.51. The van der Waals surface area contributed by atoms with E-state index in [9.17, 15) is 4.79 Å². The molecule has 5 nitrogen and oxygen atoms in total. The van der Waals surface area contributed by atoms with Crippen LogP contribution in [-0.2, 0) is 4.84 Å². The normalized spacial score (nSPS) is 16.5.